The van der Waals surface area contributed by atoms with Gasteiger partial charge in [0.25, 0.3) is 6.43 Å². The van der Waals surface area contributed by atoms with Crippen LogP contribution in [0.5, 0.6) is 5.88 Å². The molecule has 2 unspecified atom stereocenters. The van der Waals surface area contributed by atoms with Crippen molar-refractivity contribution >= 4 is 28.2 Å². The van der Waals surface area contributed by atoms with Crippen LogP contribution in [0.2, 0.25) is 0 Å². The fourth-order valence-corrected chi connectivity index (χ4v) is 4.32. The first-order valence-electron chi connectivity index (χ1n) is 10.3. The summed E-state index contributed by atoms with van der Waals surface area (Å²) >= 11 is 2.33. The van der Waals surface area contributed by atoms with Gasteiger partial charge in [0.1, 0.15) is 4.05 Å². The molecule has 3 aromatic rings. The summed E-state index contributed by atoms with van der Waals surface area (Å²) in [5, 5.41) is 4.41. The summed E-state index contributed by atoms with van der Waals surface area (Å²) in [6, 6.07) is 10.4. The molecule has 0 radical (unpaired) electrons. The molecular formula is C24H24F2IN3O. The van der Waals surface area contributed by atoms with Crippen molar-refractivity contribution in [3.8, 4) is 17.0 Å². The fourth-order valence-electron chi connectivity index (χ4n) is 4.02. The number of alkyl halides is 3. The number of aromatic nitrogens is 3. The third-order valence-corrected chi connectivity index (χ3v) is 6.23. The average molecular weight is 535 g/mol. The number of aryl methyl sites for hydroxylation is 1. The van der Waals surface area contributed by atoms with Gasteiger partial charge in [0.15, 0.2) is 6.61 Å². The van der Waals surface area contributed by atoms with Crippen molar-refractivity contribution in [2.75, 3.05) is 6.61 Å². The molecule has 31 heavy (non-hydrogen) atoms. The van der Waals surface area contributed by atoms with Gasteiger partial charge in [-0.15, -0.1) is 0 Å². The number of benzene rings is 1. The monoisotopic (exact) mass is 535 g/mol. The Bertz CT molecular complexity index is 1060. The standard InChI is InChI=1S/C24H24F2IN3O/c1-15-20(8-7-19-9-10-28-24(23(15)19)31-14-22(25)26)11-17-3-5-18(6-4-17)21-12-29-30(13-21)16(2)27/h3-6,9-10,12-13,16,20,22H,1,7-8,11,14H2,2H3. The molecule has 0 amide bonds. The van der Waals surface area contributed by atoms with Crippen molar-refractivity contribution in [3.63, 3.8) is 0 Å². The minimum Gasteiger partial charge on any atom is -0.471 e. The van der Waals surface area contributed by atoms with Gasteiger partial charge in [-0.25, -0.2) is 13.8 Å². The summed E-state index contributed by atoms with van der Waals surface area (Å²) in [5.74, 6) is 0.489. The van der Waals surface area contributed by atoms with Crippen LogP contribution in [0.4, 0.5) is 8.78 Å². The van der Waals surface area contributed by atoms with E-state index in [0.29, 0.717) is 4.05 Å². The van der Waals surface area contributed by atoms with Gasteiger partial charge in [0, 0.05) is 23.5 Å². The molecule has 2 atom stereocenters. The molecule has 162 valence electrons. The summed E-state index contributed by atoms with van der Waals surface area (Å²) in [4.78, 5) is 4.19. The molecule has 1 aliphatic carbocycles. The molecule has 0 aliphatic heterocycles. The second-order valence-electron chi connectivity index (χ2n) is 7.80. The lowest BCUT2D eigenvalue weighted by atomic mass is 9.78. The molecule has 7 heteroatoms. The lowest BCUT2D eigenvalue weighted by molar-refractivity contribution is 0.0793. The zero-order chi connectivity index (χ0) is 22.0. The van der Waals surface area contributed by atoms with Gasteiger partial charge in [-0.3, -0.25) is 4.68 Å². The number of hydrogen-bond acceptors (Lipinski definition) is 3. The van der Waals surface area contributed by atoms with Crippen molar-refractivity contribution in [3.05, 3.63) is 72.2 Å². The normalized spacial score (nSPS) is 16.9. The number of nitrogens with zero attached hydrogens (tertiary/aromatic N) is 3. The predicted octanol–water partition coefficient (Wildman–Crippen LogP) is 6.36. The highest BCUT2D eigenvalue weighted by Crippen LogP contribution is 2.40. The van der Waals surface area contributed by atoms with E-state index >= 15 is 0 Å². The maximum absolute atomic E-state index is 12.6. The zero-order valence-electron chi connectivity index (χ0n) is 17.3. The highest BCUT2D eigenvalue weighted by molar-refractivity contribution is 14.1. The van der Waals surface area contributed by atoms with Gasteiger partial charge >= 0.3 is 0 Å². The molecule has 0 N–H and O–H groups in total. The van der Waals surface area contributed by atoms with E-state index in [0.717, 1.165) is 47.1 Å². The smallest absolute Gasteiger partial charge is 0.272 e. The SMILES string of the molecule is C=C1c2c(ccnc2OCC(F)F)CCC1Cc1ccc(-c2cnn(C(C)I)c2)cc1. The van der Waals surface area contributed by atoms with E-state index in [1.807, 2.05) is 16.9 Å². The van der Waals surface area contributed by atoms with Gasteiger partial charge in [0.05, 0.1) is 6.20 Å². The van der Waals surface area contributed by atoms with Crippen LogP contribution in [0.1, 0.15) is 34.1 Å². The number of ether oxygens (including phenoxy) is 1. The Balaban J connectivity index is 1.49. The van der Waals surface area contributed by atoms with E-state index in [1.54, 1.807) is 6.20 Å². The molecule has 0 bridgehead atoms. The summed E-state index contributed by atoms with van der Waals surface area (Å²) in [6.45, 7) is 5.72. The summed E-state index contributed by atoms with van der Waals surface area (Å²) in [5.41, 5.74) is 6.23. The minimum atomic E-state index is -2.53. The molecule has 0 spiro atoms. The Labute approximate surface area is 194 Å². The van der Waals surface area contributed by atoms with Crippen LogP contribution in [-0.4, -0.2) is 27.8 Å². The van der Waals surface area contributed by atoms with Crippen LogP contribution in [0.25, 0.3) is 16.7 Å². The summed E-state index contributed by atoms with van der Waals surface area (Å²) in [6.07, 6.45) is 5.69. The van der Waals surface area contributed by atoms with Crippen molar-refractivity contribution in [2.24, 2.45) is 5.92 Å². The van der Waals surface area contributed by atoms with E-state index < -0.39 is 13.0 Å². The highest BCUT2D eigenvalue weighted by atomic mass is 127. The number of rotatable bonds is 7. The molecule has 4 rings (SSSR count). The second-order valence-corrected chi connectivity index (χ2v) is 9.60. The number of halogens is 3. The Morgan fingerprint density at radius 1 is 1.23 bits per heavy atom. The number of fused-ring (bicyclic) bond motifs is 1. The highest BCUT2D eigenvalue weighted by Gasteiger charge is 2.27. The first-order valence-corrected chi connectivity index (χ1v) is 11.5. The molecule has 0 fully saturated rings. The van der Waals surface area contributed by atoms with E-state index in [4.69, 9.17) is 4.74 Å². The van der Waals surface area contributed by atoms with Gasteiger partial charge < -0.3 is 4.74 Å². The topological polar surface area (TPSA) is 39.9 Å². The van der Waals surface area contributed by atoms with Gasteiger partial charge in [-0.2, -0.15) is 5.10 Å². The van der Waals surface area contributed by atoms with Crippen LogP contribution >= 0.6 is 22.6 Å². The second kappa shape index (κ2) is 9.46. The molecule has 2 aromatic heterocycles. The van der Waals surface area contributed by atoms with Crippen molar-refractivity contribution < 1.29 is 13.5 Å². The lowest BCUT2D eigenvalue weighted by Gasteiger charge is -2.28. The van der Waals surface area contributed by atoms with Crippen LogP contribution in [0, 0.1) is 5.92 Å². The number of allylic oxidation sites excluding steroid dienone is 1. The first kappa shape index (κ1) is 21.9. The Hall–Kier alpha value is -2.29. The van der Waals surface area contributed by atoms with E-state index in [9.17, 15) is 8.78 Å². The number of pyridine rings is 1. The maximum atomic E-state index is 12.6. The van der Waals surface area contributed by atoms with Gasteiger partial charge in [0.2, 0.25) is 5.88 Å². The third kappa shape index (κ3) is 4.97. The summed E-state index contributed by atoms with van der Waals surface area (Å²) in [7, 11) is 0. The first-order chi connectivity index (χ1) is 14.9. The molecule has 1 aliphatic rings. The fraction of sp³-hybridized carbons (Fsp3) is 0.333. The molecule has 2 heterocycles. The van der Waals surface area contributed by atoms with Gasteiger partial charge in [-0.1, -0.05) is 53.4 Å². The molecular weight excluding hydrogens is 511 g/mol. The molecule has 0 saturated heterocycles. The third-order valence-electron chi connectivity index (χ3n) is 5.66. The van der Waals surface area contributed by atoms with Crippen LogP contribution in [0.15, 0.2) is 55.5 Å². The van der Waals surface area contributed by atoms with E-state index in [2.05, 4.69) is 76.6 Å². The lowest BCUT2D eigenvalue weighted by Crippen LogP contribution is -2.18. The largest absolute Gasteiger partial charge is 0.471 e. The quantitative estimate of drug-likeness (QED) is 0.261. The average Bonchev–Trinajstić information content (AvgIpc) is 3.25. The Morgan fingerprint density at radius 2 is 2.00 bits per heavy atom. The molecule has 1 aromatic carbocycles. The van der Waals surface area contributed by atoms with Gasteiger partial charge in [-0.05, 0) is 60.4 Å². The Morgan fingerprint density at radius 3 is 2.68 bits per heavy atom. The Kier molecular flexibility index (Phi) is 6.69. The molecule has 4 nitrogen and oxygen atoms in total. The number of hydrogen-bond donors (Lipinski definition) is 0. The maximum Gasteiger partial charge on any atom is 0.272 e. The zero-order valence-corrected chi connectivity index (χ0v) is 19.4. The summed E-state index contributed by atoms with van der Waals surface area (Å²) < 4.78 is 32.8. The molecule has 0 saturated carbocycles. The van der Waals surface area contributed by atoms with E-state index in [1.165, 1.54) is 5.56 Å². The predicted molar refractivity (Wildman–Crippen MR) is 127 cm³/mol. The van der Waals surface area contributed by atoms with E-state index in [-0.39, 0.29) is 11.8 Å². The minimum absolute atomic E-state index is 0.221. The van der Waals surface area contributed by atoms with Crippen LogP contribution in [0.3, 0.4) is 0 Å². The van der Waals surface area contributed by atoms with Crippen molar-refractivity contribution in [1.82, 2.24) is 14.8 Å². The van der Waals surface area contributed by atoms with Crippen molar-refractivity contribution in [2.45, 2.75) is 36.7 Å². The van der Waals surface area contributed by atoms with Crippen molar-refractivity contribution in [1.29, 1.82) is 0 Å². The van der Waals surface area contributed by atoms with Crippen LogP contribution in [-0.2, 0) is 12.8 Å². The van der Waals surface area contributed by atoms with Crippen LogP contribution < -0.4 is 4.74 Å².